The second-order valence-corrected chi connectivity index (χ2v) is 13.8. The van der Waals surface area contributed by atoms with E-state index >= 15 is 0 Å². The lowest BCUT2D eigenvalue weighted by Gasteiger charge is -2.16. The first-order valence-corrected chi connectivity index (χ1v) is 20.2. The average Bonchev–Trinajstić information content (AvgIpc) is 3.04. The van der Waals surface area contributed by atoms with E-state index in [4.69, 9.17) is 9.47 Å². The number of esters is 2. The van der Waals surface area contributed by atoms with Gasteiger partial charge in [-0.3, -0.25) is 9.59 Å². The van der Waals surface area contributed by atoms with Gasteiger partial charge in [-0.1, -0.05) is 148 Å². The molecule has 0 N–H and O–H groups in total. The standard InChI is InChI=1S/C39H72O4.C3H9N.ClH/c1-4-7-9-11-13-15-17-19-21-23-25-27-29-31-33-35-37(40)42-39(6-3)43-38(41)36-34-32-30-28-26-24-22-20-18-16-14-12-10-8-5-2;1-4(2)3;/h19-22,39H,4-18,23-36H2,1-3H3;1-3H3;1H/b21-19-,22-20-;;. The van der Waals surface area contributed by atoms with E-state index in [1.165, 1.54) is 128 Å². The predicted octanol–water partition coefficient (Wildman–Crippen LogP) is 13.5. The molecule has 0 spiro atoms. The van der Waals surface area contributed by atoms with Crippen LogP contribution in [0.3, 0.4) is 0 Å². The predicted molar refractivity (Wildman–Crippen MR) is 212 cm³/mol. The second kappa shape index (κ2) is 43.7. The normalized spacial score (nSPS) is 11.2. The molecule has 0 aliphatic rings. The Hall–Kier alpha value is -1.33. The summed E-state index contributed by atoms with van der Waals surface area (Å²) in [6.07, 6.45) is 42.0. The molecule has 0 bridgehead atoms. The first kappa shape index (κ1) is 51.0. The van der Waals surface area contributed by atoms with Crippen molar-refractivity contribution in [1.29, 1.82) is 0 Å². The molecule has 0 fully saturated rings. The number of hydrogen-bond donors (Lipinski definition) is 0. The van der Waals surface area contributed by atoms with E-state index in [0.29, 0.717) is 19.3 Å². The highest BCUT2D eigenvalue weighted by atomic mass is 35.5. The van der Waals surface area contributed by atoms with E-state index in [0.717, 1.165) is 38.5 Å². The fourth-order valence-electron chi connectivity index (χ4n) is 5.28. The third-order valence-corrected chi connectivity index (χ3v) is 8.14. The van der Waals surface area contributed by atoms with Gasteiger partial charge in [-0.05, 0) is 85.4 Å². The van der Waals surface area contributed by atoms with Crippen molar-refractivity contribution in [3.63, 3.8) is 0 Å². The van der Waals surface area contributed by atoms with Crippen LogP contribution in [0.1, 0.15) is 207 Å². The zero-order valence-electron chi connectivity index (χ0n) is 32.9. The van der Waals surface area contributed by atoms with Gasteiger partial charge in [0.15, 0.2) is 0 Å². The van der Waals surface area contributed by atoms with Crippen LogP contribution in [-0.2, 0) is 19.1 Å². The van der Waals surface area contributed by atoms with Crippen LogP contribution in [0, 0.1) is 0 Å². The molecular weight excluding hydrogens is 618 g/mol. The SMILES string of the molecule is CCCCCCCC/C=C\CCCCCCCC(=O)OC(CC)OC(=O)CCCCCCC/C=C\CCCCCCCC.CN(C)C.Cl. The first-order chi connectivity index (χ1) is 22.9. The largest absolute Gasteiger partial charge is 0.425 e. The molecule has 0 aromatic heterocycles. The Balaban J connectivity index is -0.00000381. The van der Waals surface area contributed by atoms with Crippen LogP contribution in [0.4, 0.5) is 0 Å². The Labute approximate surface area is 306 Å². The summed E-state index contributed by atoms with van der Waals surface area (Å²) in [5.74, 6) is -0.503. The van der Waals surface area contributed by atoms with Gasteiger partial charge in [0.1, 0.15) is 0 Å². The number of halogens is 1. The van der Waals surface area contributed by atoms with Crippen LogP contribution < -0.4 is 0 Å². The summed E-state index contributed by atoms with van der Waals surface area (Å²) in [4.78, 5) is 26.4. The Kier molecular flexibility index (Phi) is 46.5. The zero-order chi connectivity index (χ0) is 35.1. The molecule has 0 saturated heterocycles. The van der Waals surface area contributed by atoms with Crippen LogP contribution in [0.15, 0.2) is 24.3 Å². The lowest BCUT2D eigenvalue weighted by Crippen LogP contribution is -2.23. The Bertz CT molecular complexity index is 653. The van der Waals surface area contributed by atoms with E-state index < -0.39 is 6.29 Å². The topological polar surface area (TPSA) is 55.8 Å². The van der Waals surface area contributed by atoms with Gasteiger partial charge in [-0.2, -0.15) is 0 Å². The number of allylic oxidation sites excluding steroid dienone is 4. The summed E-state index contributed by atoms with van der Waals surface area (Å²) < 4.78 is 10.8. The zero-order valence-corrected chi connectivity index (χ0v) is 33.7. The van der Waals surface area contributed by atoms with Crippen LogP contribution in [0.25, 0.3) is 0 Å². The highest BCUT2D eigenvalue weighted by molar-refractivity contribution is 5.85. The number of carbonyl (C=O) groups is 2. The van der Waals surface area contributed by atoms with Gasteiger partial charge < -0.3 is 14.4 Å². The molecule has 0 amide bonds. The first-order valence-electron chi connectivity index (χ1n) is 20.2. The molecule has 5 nitrogen and oxygen atoms in total. The smallest absolute Gasteiger partial charge is 0.308 e. The van der Waals surface area contributed by atoms with Gasteiger partial charge in [0.05, 0.1) is 0 Å². The molecule has 0 atom stereocenters. The third kappa shape index (κ3) is 46.8. The highest BCUT2D eigenvalue weighted by Crippen LogP contribution is 2.14. The summed E-state index contributed by atoms with van der Waals surface area (Å²) >= 11 is 0. The molecule has 6 heteroatoms. The molecule has 0 saturated carbocycles. The summed E-state index contributed by atoms with van der Waals surface area (Å²) in [6, 6.07) is 0. The molecule has 0 heterocycles. The minimum absolute atomic E-state index is 0. The van der Waals surface area contributed by atoms with Crippen molar-refractivity contribution >= 4 is 24.3 Å². The minimum atomic E-state index is -0.744. The van der Waals surface area contributed by atoms with E-state index in [1.54, 1.807) is 0 Å². The van der Waals surface area contributed by atoms with Crippen molar-refractivity contribution in [2.45, 2.75) is 213 Å². The summed E-state index contributed by atoms with van der Waals surface area (Å²) in [7, 11) is 6.00. The van der Waals surface area contributed by atoms with Gasteiger partial charge in [0, 0.05) is 19.3 Å². The van der Waals surface area contributed by atoms with Crippen LogP contribution in [0.2, 0.25) is 0 Å². The fourth-order valence-corrected chi connectivity index (χ4v) is 5.28. The number of unbranched alkanes of at least 4 members (excludes halogenated alkanes) is 22. The summed E-state index contributed by atoms with van der Waals surface area (Å²) in [6.45, 7) is 6.41. The van der Waals surface area contributed by atoms with Crippen LogP contribution >= 0.6 is 12.4 Å². The number of hydrogen-bond acceptors (Lipinski definition) is 5. The molecule has 0 aliphatic carbocycles. The quantitative estimate of drug-likeness (QED) is 0.0295. The van der Waals surface area contributed by atoms with Gasteiger partial charge in [0.25, 0.3) is 0 Å². The van der Waals surface area contributed by atoms with Crippen molar-refractivity contribution in [2.24, 2.45) is 0 Å². The molecule has 0 unspecified atom stereocenters. The molecule has 0 aromatic carbocycles. The van der Waals surface area contributed by atoms with Gasteiger partial charge in [-0.25, -0.2) is 0 Å². The lowest BCUT2D eigenvalue weighted by molar-refractivity contribution is -0.188. The highest BCUT2D eigenvalue weighted by Gasteiger charge is 2.16. The molecule has 286 valence electrons. The summed E-state index contributed by atoms with van der Waals surface area (Å²) in [5.41, 5.74) is 0. The second-order valence-electron chi connectivity index (χ2n) is 13.8. The number of carbonyl (C=O) groups excluding carboxylic acids is 2. The lowest BCUT2D eigenvalue weighted by atomic mass is 10.1. The maximum absolute atomic E-state index is 12.2. The number of nitrogens with zero attached hydrogens (tertiary/aromatic N) is 1. The third-order valence-electron chi connectivity index (χ3n) is 8.14. The van der Waals surface area contributed by atoms with Crippen molar-refractivity contribution in [3.05, 3.63) is 24.3 Å². The van der Waals surface area contributed by atoms with Crippen molar-refractivity contribution in [2.75, 3.05) is 21.1 Å². The maximum atomic E-state index is 12.2. The van der Waals surface area contributed by atoms with Crippen LogP contribution in [-0.4, -0.2) is 44.3 Å². The summed E-state index contributed by atoms with van der Waals surface area (Å²) in [5, 5.41) is 0. The van der Waals surface area contributed by atoms with Crippen LogP contribution in [0.5, 0.6) is 0 Å². The monoisotopic (exact) mass is 700 g/mol. The van der Waals surface area contributed by atoms with E-state index in [2.05, 4.69) is 38.2 Å². The molecule has 0 rings (SSSR count). The van der Waals surface area contributed by atoms with Gasteiger partial charge >= 0.3 is 11.9 Å². The number of ether oxygens (including phenoxy) is 2. The maximum Gasteiger partial charge on any atom is 0.308 e. The number of rotatable bonds is 33. The van der Waals surface area contributed by atoms with Crippen molar-refractivity contribution in [1.82, 2.24) is 4.90 Å². The molecule has 0 aromatic rings. The Morgan fingerprint density at radius 3 is 0.979 bits per heavy atom. The molecular formula is C42H82ClNO4. The van der Waals surface area contributed by atoms with Gasteiger partial charge in [0.2, 0.25) is 6.29 Å². The fraction of sp³-hybridized carbons (Fsp3) is 0.857. The van der Waals surface area contributed by atoms with Gasteiger partial charge in [-0.15, -0.1) is 12.4 Å². The van der Waals surface area contributed by atoms with E-state index in [-0.39, 0.29) is 24.3 Å². The average molecular weight is 701 g/mol. The van der Waals surface area contributed by atoms with Crippen molar-refractivity contribution in [3.8, 4) is 0 Å². The minimum Gasteiger partial charge on any atom is -0.425 e. The molecule has 48 heavy (non-hydrogen) atoms. The van der Waals surface area contributed by atoms with E-state index in [9.17, 15) is 9.59 Å². The van der Waals surface area contributed by atoms with E-state index in [1.807, 2.05) is 33.0 Å². The molecule has 0 radical (unpaired) electrons. The van der Waals surface area contributed by atoms with Crippen molar-refractivity contribution < 1.29 is 19.1 Å². The Morgan fingerprint density at radius 1 is 0.458 bits per heavy atom. The Morgan fingerprint density at radius 2 is 0.708 bits per heavy atom. The molecule has 0 aliphatic heterocycles.